The van der Waals surface area contributed by atoms with Crippen molar-refractivity contribution in [2.75, 3.05) is 11.1 Å². The summed E-state index contributed by atoms with van der Waals surface area (Å²) in [5, 5.41) is 4.37. The Morgan fingerprint density at radius 2 is 1.93 bits per heavy atom. The van der Waals surface area contributed by atoms with E-state index in [0.29, 0.717) is 28.2 Å². The van der Waals surface area contributed by atoms with E-state index in [-0.39, 0.29) is 17.6 Å². The van der Waals surface area contributed by atoms with Gasteiger partial charge in [-0.3, -0.25) is 9.78 Å². The van der Waals surface area contributed by atoms with Crippen molar-refractivity contribution in [1.82, 2.24) is 4.98 Å². The maximum absolute atomic E-state index is 13.8. The molecule has 4 nitrogen and oxygen atoms in total. The number of carbonyl (C=O) groups is 1. The number of fused-ring (bicyclic) bond motifs is 1. The molecule has 4 rings (SSSR count). The molecule has 30 heavy (non-hydrogen) atoms. The number of anilines is 2. The van der Waals surface area contributed by atoms with Crippen LogP contribution in [0.25, 0.3) is 10.9 Å². The summed E-state index contributed by atoms with van der Waals surface area (Å²) in [4.78, 5) is 17.1. The number of carbonyl (C=O) groups excluding carboxylic acids is 1. The predicted molar refractivity (Wildman–Crippen MR) is 120 cm³/mol. The Balaban J connectivity index is 1.42. The molecule has 1 aliphatic carbocycles. The Hall–Kier alpha value is -2.66. The zero-order chi connectivity index (χ0) is 21.3. The molecule has 1 amide bonds. The van der Waals surface area contributed by atoms with Gasteiger partial charge in [-0.05, 0) is 85.5 Å². The summed E-state index contributed by atoms with van der Waals surface area (Å²) in [6.45, 7) is 1.98. The van der Waals surface area contributed by atoms with Crippen molar-refractivity contribution in [3.8, 4) is 0 Å². The van der Waals surface area contributed by atoms with Gasteiger partial charge in [-0.15, -0.1) is 0 Å². The molecule has 6 heteroatoms. The zero-order valence-corrected chi connectivity index (χ0v) is 17.6. The summed E-state index contributed by atoms with van der Waals surface area (Å²) >= 11 is 5.93. The molecule has 0 unspecified atom stereocenters. The Kier molecular flexibility index (Phi) is 5.91. The molecule has 0 aliphatic heterocycles. The molecule has 1 aromatic heterocycles. The number of nitrogens with zero attached hydrogens (tertiary/aromatic N) is 1. The highest BCUT2D eigenvalue weighted by Gasteiger charge is 2.30. The average molecular weight is 426 g/mol. The van der Waals surface area contributed by atoms with Crippen molar-refractivity contribution in [3.63, 3.8) is 0 Å². The van der Waals surface area contributed by atoms with Gasteiger partial charge in [0.1, 0.15) is 5.82 Å². The minimum Gasteiger partial charge on any atom is -0.397 e. The van der Waals surface area contributed by atoms with E-state index >= 15 is 0 Å². The number of pyridine rings is 1. The second-order valence-electron chi connectivity index (χ2n) is 8.18. The standard InChI is InChI=1S/C24H25ClFN3O/c1-14(24(30)29-23-8-6-17(25)12-21(23)27)15-2-4-16(5-3-15)19-10-11-28-22-9-7-18(26)13-20(19)22/h6-16H,2-5,27H2,1H3,(H,29,30)/t14-,15?,16?/m1/s1. The first-order chi connectivity index (χ1) is 14.4. The number of hydrogen-bond acceptors (Lipinski definition) is 3. The summed E-state index contributed by atoms with van der Waals surface area (Å²) in [5.74, 6) is 0.282. The number of halogens is 2. The second-order valence-corrected chi connectivity index (χ2v) is 8.62. The van der Waals surface area contributed by atoms with Crippen molar-refractivity contribution in [1.29, 1.82) is 0 Å². The van der Waals surface area contributed by atoms with Gasteiger partial charge in [0.2, 0.25) is 5.91 Å². The van der Waals surface area contributed by atoms with E-state index in [0.717, 1.165) is 42.1 Å². The third-order valence-electron chi connectivity index (χ3n) is 6.34. The topological polar surface area (TPSA) is 68.0 Å². The highest BCUT2D eigenvalue weighted by Crippen LogP contribution is 2.41. The van der Waals surface area contributed by atoms with Gasteiger partial charge < -0.3 is 11.1 Å². The number of nitrogens with one attached hydrogen (secondary N) is 1. The van der Waals surface area contributed by atoms with Crippen molar-refractivity contribution in [3.05, 3.63) is 65.1 Å². The van der Waals surface area contributed by atoms with E-state index in [1.165, 1.54) is 6.07 Å². The number of aromatic nitrogens is 1. The number of benzene rings is 2. The highest BCUT2D eigenvalue weighted by molar-refractivity contribution is 6.31. The highest BCUT2D eigenvalue weighted by atomic mass is 35.5. The molecular formula is C24H25ClFN3O. The van der Waals surface area contributed by atoms with Gasteiger partial charge in [0, 0.05) is 22.5 Å². The molecular weight excluding hydrogens is 401 g/mol. The van der Waals surface area contributed by atoms with Crippen LogP contribution < -0.4 is 11.1 Å². The molecule has 2 aromatic carbocycles. The number of rotatable bonds is 4. The Morgan fingerprint density at radius 3 is 2.67 bits per heavy atom. The van der Waals surface area contributed by atoms with Crippen LogP contribution in [0.15, 0.2) is 48.7 Å². The van der Waals surface area contributed by atoms with Gasteiger partial charge in [-0.1, -0.05) is 18.5 Å². The molecule has 1 aliphatic rings. The molecule has 0 spiro atoms. The van der Waals surface area contributed by atoms with Crippen molar-refractivity contribution in [2.45, 2.75) is 38.5 Å². The Labute approximate surface area is 180 Å². The van der Waals surface area contributed by atoms with Gasteiger partial charge in [0.15, 0.2) is 0 Å². The summed E-state index contributed by atoms with van der Waals surface area (Å²) < 4.78 is 13.8. The van der Waals surface area contributed by atoms with E-state index in [1.54, 1.807) is 36.5 Å². The largest absolute Gasteiger partial charge is 0.397 e. The Bertz CT molecular complexity index is 1080. The maximum atomic E-state index is 13.8. The lowest BCUT2D eigenvalue weighted by atomic mass is 9.73. The van der Waals surface area contributed by atoms with Crippen LogP contribution in [0.5, 0.6) is 0 Å². The molecule has 1 saturated carbocycles. The lowest BCUT2D eigenvalue weighted by Gasteiger charge is -2.32. The third-order valence-corrected chi connectivity index (χ3v) is 6.58. The normalized spacial score (nSPS) is 20.1. The molecule has 3 aromatic rings. The molecule has 3 N–H and O–H groups in total. The summed E-state index contributed by atoms with van der Waals surface area (Å²) in [7, 11) is 0. The fourth-order valence-corrected chi connectivity index (χ4v) is 4.71. The predicted octanol–water partition coefficient (Wildman–Crippen LogP) is 6.16. The van der Waals surface area contributed by atoms with E-state index < -0.39 is 0 Å². The fraction of sp³-hybridized carbons (Fsp3) is 0.333. The second kappa shape index (κ2) is 8.60. The molecule has 0 saturated heterocycles. The number of nitrogen functional groups attached to an aromatic ring is 1. The van der Waals surface area contributed by atoms with E-state index in [4.69, 9.17) is 17.3 Å². The first-order valence-corrected chi connectivity index (χ1v) is 10.7. The Morgan fingerprint density at radius 1 is 1.17 bits per heavy atom. The van der Waals surface area contributed by atoms with Crippen molar-refractivity contribution < 1.29 is 9.18 Å². The van der Waals surface area contributed by atoms with Crippen LogP contribution in [0, 0.1) is 17.7 Å². The monoisotopic (exact) mass is 425 g/mol. The summed E-state index contributed by atoms with van der Waals surface area (Å²) in [6, 6.07) is 11.8. The minimum atomic E-state index is -0.239. The first-order valence-electron chi connectivity index (χ1n) is 10.3. The van der Waals surface area contributed by atoms with Crippen LogP contribution in [-0.4, -0.2) is 10.9 Å². The van der Waals surface area contributed by atoms with Crippen molar-refractivity contribution >= 4 is 39.8 Å². The van der Waals surface area contributed by atoms with Gasteiger partial charge in [-0.25, -0.2) is 4.39 Å². The lowest BCUT2D eigenvalue weighted by molar-refractivity contribution is -0.121. The van der Waals surface area contributed by atoms with Gasteiger partial charge in [-0.2, -0.15) is 0 Å². The van der Waals surface area contributed by atoms with Crippen LogP contribution in [0.1, 0.15) is 44.1 Å². The number of amides is 1. The van der Waals surface area contributed by atoms with Crippen LogP contribution in [0.3, 0.4) is 0 Å². The molecule has 0 bridgehead atoms. The van der Waals surface area contributed by atoms with Crippen LogP contribution >= 0.6 is 11.6 Å². The SMILES string of the molecule is C[C@@H](C(=O)Nc1ccc(Cl)cc1N)C1CCC(c2ccnc3ccc(F)cc23)CC1. The first kappa shape index (κ1) is 20.6. The van der Waals surface area contributed by atoms with Crippen LogP contribution in [0.4, 0.5) is 15.8 Å². The van der Waals surface area contributed by atoms with E-state index in [1.807, 2.05) is 13.0 Å². The molecule has 156 valence electrons. The smallest absolute Gasteiger partial charge is 0.227 e. The summed E-state index contributed by atoms with van der Waals surface area (Å²) in [5.41, 5.74) is 8.99. The minimum absolute atomic E-state index is 0.0242. The zero-order valence-electron chi connectivity index (χ0n) is 16.9. The number of nitrogens with two attached hydrogens (primary N) is 1. The van der Waals surface area contributed by atoms with Crippen LogP contribution in [-0.2, 0) is 4.79 Å². The average Bonchev–Trinajstić information content (AvgIpc) is 2.75. The van der Waals surface area contributed by atoms with E-state index in [9.17, 15) is 9.18 Å². The van der Waals surface area contributed by atoms with Gasteiger partial charge in [0.25, 0.3) is 0 Å². The third kappa shape index (κ3) is 4.26. The maximum Gasteiger partial charge on any atom is 0.227 e. The van der Waals surface area contributed by atoms with Crippen LogP contribution in [0.2, 0.25) is 5.02 Å². The lowest BCUT2D eigenvalue weighted by Crippen LogP contribution is -2.29. The quantitative estimate of drug-likeness (QED) is 0.492. The molecule has 0 radical (unpaired) electrons. The van der Waals surface area contributed by atoms with Gasteiger partial charge in [0.05, 0.1) is 16.9 Å². The number of hydrogen-bond donors (Lipinski definition) is 2. The van der Waals surface area contributed by atoms with Crippen molar-refractivity contribution in [2.24, 2.45) is 11.8 Å². The summed E-state index contributed by atoms with van der Waals surface area (Å²) in [6.07, 6.45) is 5.65. The fourth-order valence-electron chi connectivity index (χ4n) is 4.53. The molecule has 1 heterocycles. The van der Waals surface area contributed by atoms with Gasteiger partial charge >= 0.3 is 0 Å². The van der Waals surface area contributed by atoms with E-state index in [2.05, 4.69) is 10.3 Å². The molecule has 1 fully saturated rings. The molecule has 1 atom stereocenters.